The van der Waals surface area contributed by atoms with E-state index in [1.54, 1.807) is 0 Å². The van der Waals surface area contributed by atoms with Gasteiger partial charge in [-0.2, -0.15) is 0 Å². The Morgan fingerprint density at radius 3 is 1.92 bits per heavy atom. The second-order valence-electron chi connectivity index (χ2n) is 4.54. The SMILES string of the molecule is [CH2]CCCCCCC(C)(CC)CC. The Labute approximate surface area is 85.1 Å². The molecule has 0 spiro atoms. The standard InChI is InChI=1S/C13H27/c1-5-8-9-10-11-12-13(4,6-2)7-3/h1,5-12H2,2-4H3. The van der Waals surface area contributed by atoms with Gasteiger partial charge in [-0.1, -0.05) is 72.6 Å². The lowest BCUT2D eigenvalue weighted by atomic mass is 9.80. The fourth-order valence-electron chi connectivity index (χ4n) is 1.69. The van der Waals surface area contributed by atoms with Gasteiger partial charge in [-0.25, -0.2) is 0 Å². The summed E-state index contributed by atoms with van der Waals surface area (Å²) in [4.78, 5) is 0. The molecule has 0 unspecified atom stereocenters. The third-order valence-corrected chi connectivity index (χ3v) is 3.49. The van der Waals surface area contributed by atoms with Crippen molar-refractivity contribution >= 4 is 0 Å². The van der Waals surface area contributed by atoms with Gasteiger partial charge in [-0.3, -0.25) is 0 Å². The molecule has 0 aromatic heterocycles. The van der Waals surface area contributed by atoms with Crippen LogP contribution in [0.5, 0.6) is 0 Å². The van der Waals surface area contributed by atoms with Gasteiger partial charge in [0.2, 0.25) is 0 Å². The van der Waals surface area contributed by atoms with E-state index in [1.807, 2.05) is 0 Å². The van der Waals surface area contributed by atoms with E-state index >= 15 is 0 Å². The third-order valence-electron chi connectivity index (χ3n) is 3.49. The van der Waals surface area contributed by atoms with E-state index in [0.29, 0.717) is 5.41 Å². The number of hydrogen-bond acceptors (Lipinski definition) is 0. The van der Waals surface area contributed by atoms with Gasteiger partial charge in [-0.15, -0.1) is 0 Å². The average Bonchev–Trinajstić information content (AvgIpc) is 2.17. The van der Waals surface area contributed by atoms with Crippen molar-refractivity contribution in [1.29, 1.82) is 0 Å². The molecule has 0 aliphatic rings. The molecule has 0 rings (SSSR count). The van der Waals surface area contributed by atoms with Gasteiger partial charge in [0.25, 0.3) is 0 Å². The second kappa shape index (κ2) is 7.41. The monoisotopic (exact) mass is 183 g/mol. The molecule has 0 N–H and O–H groups in total. The molecule has 0 fully saturated rings. The number of unbranched alkanes of at least 4 members (excludes halogenated alkanes) is 4. The first kappa shape index (κ1) is 13.0. The summed E-state index contributed by atoms with van der Waals surface area (Å²) in [6.45, 7) is 10.9. The molecular weight excluding hydrogens is 156 g/mol. The molecule has 0 aromatic rings. The zero-order chi connectivity index (χ0) is 10.2. The Bertz CT molecular complexity index is 101. The summed E-state index contributed by atoms with van der Waals surface area (Å²) in [6, 6.07) is 0. The fraction of sp³-hybridized carbons (Fsp3) is 0.923. The molecule has 0 heteroatoms. The molecule has 0 bridgehead atoms. The van der Waals surface area contributed by atoms with Gasteiger partial charge in [0.1, 0.15) is 0 Å². The highest BCUT2D eigenvalue weighted by atomic mass is 14.2. The van der Waals surface area contributed by atoms with Crippen molar-refractivity contribution < 1.29 is 0 Å². The highest BCUT2D eigenvalue weighted by molar-refractivity contribution is 4.70. The minimum absolute atomic E-state index is 0.616. The lowest BCUT2D eigenvalue weighted by Crippen LogP contribution is -2.13. The summed E-state index contributed by atoms with van der Waals surface area (Å²) < 4.78 is 0. The molecule has 79 valence electrons. The number of hydrogen-bond donors (Lipinski definition) is 0. The van der Waals surface area contributed by atoms with Crippen LogP contribution in [0.25, 0.3) is 0 Å². The van der Waals surface area contributed by atoms with Gasteiger partial charge in [0, 0.05) is 0 Å². The highest BCUT2D eigenvalue weighted by Gasteiger charge is 2.18. The van der Waals surface area contributed by atoms with Crippen LogP contribution in [0.15, 0.2) is 0 Å². The molecule has 0 atom stereocenters. The molecule has 0 saturated carbocycles. The summed E-state index contributed by atoms with van der Waals surface area (Å²) in [5.41, 5.74) is 0.616. The predicted molar refractivity (Wildman–Crippen MR) is 61.7 cm³/mol. The van der Waals surface area contributed by atoms with Crippen LogP contribution < -0.4 is 0 Å². The Balaban J connectivity index is 3.39. The van der Waals surface area contributed by atoms with Crippen LogP contribution >= 0.6 is 0 Å². The van der Waals surface area contributed by atoms with Crippen LogP contribution in [0.4, 0.5) is 0 Å². The molecule has 0 aliphatic carbocycles. The third kappa shape index (κ3) is 6.12. The van der Waals surface area contributed by atoms with Crippen molar-refractivity contribution in [3.05, 3.63) is 6.92 Å². The molecule has 0 saturated heterocycles. The largest absolute Gasteiger partial charge is 0.0649 e. The first-order chi connectivity index (χ1) is 6.18. The summed E-state index contributed by atoms with van der Waals surface area (Å²) in [6.07, 6.45) is 10.7. The second-order valence-corrected chi connectivity index (χ2v) is 4.54. The summed E-state index contributed by atoms with van der Waals surface area (Å²) in [5.74, 6) is 0. The molecule has 1 radical (unpaired) electrons. The maximum Gasteiger partial charge on any atom is -0.0331 e. The average molecular weight is 183 g/mol. The van der Waals surface area contributed by atoms with Gasteiger partial charge in [0.05, 0.1) is 0 Å². The van der Waals surface area contributed by atoms with Crippen molar-refractivity contribution in [3.8, 4) is 0 Å². The zero-order valence-electron chi connectivity index (χ0n) is 9.86. The van der Waals surface area contributed by atoms with Crippen molar-refractivity contribution in [2.24, 2.45) is 5.41 Å². The van der Waals surface area contributed by atoms with Crippen LogP contribution in [0, 0.1) is 12.3 Å². The number of rotatable bonds is 8. The lowest BCUT2D eigenvalue weighted by Gasteiger charge is -2.26. The Morgan fingerprint density at radius 1 is 0.923 bits per heavy atom. The van der Waals surface area contributed by atoms with Crippen molar-refractivity contribution in [2.45, 2.75) is 72.1 Å². The van der Waals surface area contributed by atoms with E-state index in [4.69, 9.17) is 0 Å². The van der Waals surface area contributed by atoms with Crippen molar-refractivity contribution in [1.82, 2.24) is 0 Å². The van der Waals surface area contributed by atoms with Gasteiger partial charge < -0.3 is 0 Å². The van der Waals surface area contributed by atoms with Crippen molar-refractivity contribution in [3.63, 3.8) is 0 Å². The van der Waals surface area contributed by atoms with Crippen LogP contribution in [-0.2, 0) is 0 Å². The van der Waals surface area contributed by atoms with Crippen LogP contribution in [0.1, 0.15) is 72.1 Å². The minimum Gasteiger partial charge on any atom is -0.0649 e. The lowest BCUT2D eigenvalue weighted by molar-refractivity contribution is 0.262. The normalized spacial score (nSPS) is 12.0. The van der Waals surface area contributed by atoms with Crippen molar-refractivity contribution in [2.75, 3.05) is 0 Å². The molecule has 13 heavy (non-hydrogen) atoms. The predicted octanol–water partition coefficient (Wildman–Crippen LogP) is 4.99. The van der Waals surface area contributed by atoms with E-state index < -0.39 is 0 Å². The van der Waals surface area contributed by atoms with E-state index in [9.17, 15) is 0 Å². The zero-order valence-corrected chi connectivity index (χ0v) is 9.86. The van der Waals surface area contributed by atoms with E-state index in [-0.39, 0.29) is 0 Å². The molecule has 0 nitrogen and oxygen atoms in total. The first-order valence-corrected chi connectivity index (χ1v) is 5.97. The Hall–Kier alpha value is 0. The van der Waals surface area contributed by atoms with Crippen LogP contribution in [-0.4, -0.2) is 0 Å². The minimum atomic E-state index is 0.616. The smallest absolute Gasteiger partial charge is 0.0331 e. The highest BCUT2D eigenvalue weighted by Crippen LogP contribution is 2.31. The van der Waals surface area contributed by atoms with Gasteiger partial charge >= 0.3 is 0 Å². The molecule has 0 aliphatic heterocycles. The fourth-order valence-corrected chi connectivity index (χ4v) is 1.69. The van der Waals surface area contributed by atoms with Gasteiger partial charge in [-0.05, 0) is 11.8 Å². The topological polar surface area (TPSA) is 0 Å². The molecule has 0 amide bonds. The quantitative estimate of drug-likeness (QED) is 0.465. The van der Waals surface area contributed by atoms with Crippen LogP contribution in [0.2, 0.25) is 0 Å². The maximum absolute atomic E-state index is 3.86. The van der Waals surface area contributed by atoms with Gasteiger partial charge in [0.15, 0.2) is 0 Å². The molecular formula is C13H27. The summed E-state index contributed by atoms with van der Waals surface area (Å²) in [5, 5.41) is 0. The van der Waals surface area contributed by atoms with E-state index in [0.717, 1.165) is 6.42 Å². The van der Waals surface area contributed by atoms with Crippen LogP contribution in [0.3, 0.4) is 0 Å². The summed E-state index contributed by atoms with van der Waals surface area (Å²) >= 11 is 0. The molecule has 0 heterocycles. The first-order valence-electron chi connectivity index (χ1n) is 5.97. The van der Waals surface area contributed by atoms with E-state index in [2.05, 4.69) is 27.7 Å². The Morgan fingerprint density at radius 2 is 1.46 bits per heavy atom. The van der Waals surface area contributed by atoms with E-state index in [1.165, 1.54) is 44.9 Å². The molecule has 0 aromatic carbocycles. The summed E-state index contributed by atoms with van der Waals surface area (Å²) in [7, 11) is 0. The Kier molecular flexibility index (Phi) is 7.41. The maximum atomic E-state index is 3.86.